The number of aliphatic hydroxyl groups is 1. The van der Waals surface area contributed by atoms with Crippen LogP contribution in [0.15, 0.2) is 47.4 Å². The van der Waals surface area contributed by atoms with E-state index in [9.17, 15) is 27.1 Å². The fourth-order valence-electron chi connectivity index (χ4n) is 2.32. The lowest BCUT2D eigenvalue weighted by Crippen LogP contribution is -2.45. The number of carbonyl (C=O) groups is 1. The topological polar surface area (TPSA) is 107 Å². The second kappa shape index (κ2) is 7.82. The van der Waals surface area contributed by atoms with Crippen LogP contribution in [0.1, 0.15) is 18.1 Å². The number of sulfone groups is 1. The standard InChI is InChI=1S/C18H16F2N2O4S/c1-18(24,11-27(25,26)16-6-3-14(20)4-7-16)17(23)22-15-5-2-12(10-21)13(8-15)9-19/h2-8,24H,9,11H2,1H3,(H,22,23)/t18-/m0/s1. The third-order valence-electron chi connectivity index (χ3n) is 3.76. The van der Waals surface area contributed by atoms with Gasteiger partial charge in [-0.25, -0.2) is 17.2 Å². The molecule has 0 bridgehead atoms. The van der Waals surface area contributed by atoms with E-state index in [1.807, 2.05) is 0 Å². The molecule has 0 saturated carbocycles. The number of carbonyl (C=O) groups excluding carboxylic acids is 1. The maximum atomic E-state index is 12.9. The van der Waals surface area contributed by atoms with Gasteiger partial charge in [0.05, 0.1) is 22.3 Å². The molecule has 142 valence electrons. The van der Waals surface area contributed by atoms with Gasteiger partial charge in [0, 0.05) is 11.3 Å². The number of benzene rings is 2. The molecule has 0 heterocycles. The lowest BCUT2D eigenvalue weighted by molar-refractivity contribution is -0.130. The monoisotopic (exact) mass is 394 g/mol. The molecule has 0 fully saturated rings. The van der Waals surface area contributed by atoms with Crippen molar-refractivity contribution < 1.29 is 27.1 Å². The summed E-state index contributed by atoms with van der Waals surface area (Å²) in [4.78, 5) is 12.1. The van der Waals surface area contributed by atoms with Crippen LogP contribution in [0.25, 0.3) is 0 Å². The zero-order chi connectivity index (χ0) is 20.2. The number of anilines is 1. The maximum Gasteiger partial charge on any atom is 0.257 e. The molecule has 0 aliphatic rings. The quantitative estimate of drug-likeness (QED) is 0.732. The Morgan fingerprint density at radius 3 is 2.44 bits per heavy atom. The van der Waals surface area contributed by atoms with E-state index in [2.05, 4.69) is 5.32 Å². The van der Waals surface area contributed by atoms with Gasteiger partial charge in [-0.15, -0.1) is 0 Å². The minimum atomic E-state index is -4.08. The van der Waals surface area contributed by atoms with Gasteiger partial charge in [0.25, 0.3) is 5.91 Å². The van der Waals surface area contributed by atoms with E-state index >= 15 is 0 Å². The Morgan fingerprint density at radius 2 is 1.89 bits per heavy atom. The van der Waals surface area contributed by atoms with Crippen LogP contribution in [-0.4, -0.2) is 30.8 Å². The number of rotatable bonds is 6. The molecule has 0 saturated heterocycles. The van der Waals surface area contributed by atoms with E-state index < -0.39 is 39.6 Å². The molecule has 0 radical (unpaired) electrons. The van der Waals surface area contributed by atoms with Gasteiger partial charge in [0.15, 0.2) is 15.4 Å². The Labute approximate surface area is 155 Å². The van der Waals surface area contributed by atoms with Crippen LogP contribution in [0, 0.1) is 17.1 Å². The molecular formula is C18H16F2N2O4S. The second-order valence-electron chi connectivity index (χ2n) is 6.06. The summed E-state index contributed by atoms with van der Waals surface area (Å²) in [6.45, 7) is 0.0884. The molecule has 0 aromatic heterocycles. The lowest BCUT2D eigenvalue weighted by atomic mass is 10.1. The Bertz CT molecular complexity index is 997. The highest BCUT2D eigenvalue weighted by Crippen LogP contribution is 2.21. The average Bonchev–Trinajstić information content (AvgIpc) is 2.61. The number of alkyl halides is 1. The summed E-state index contributed by atoms with van der Waals surface area (Å²) in [6, 6.07) is 9.64. The molecule has 2 N–H and O–H groups in total. The highest BCUT2D eigenvalue weighted by atomic mass is 32.2. The first-order valence-corrected chi connectivity index (χ1v) is 9.35. The molecule has 2 aromatic rings. The number of hydrogen-bond donors (Lipinski definition) is 2. The molecule has 2 rings (SSSR count). The van der Waals surface area contributed by atoms with Crippen molar-refractivity contribution in [1.29, 1.82) is 5.26 Å². The van der Waals surface area contributed by atoms with Crippen LogP contribution in [-0.2, 0) is 21.3 Å². The van der Waals surface area contributed by atoms with Gasteiger partial charge < -0.3 is 10.4 Å². The maximum absolute atomic E-state index is 12.9. The lowest BCUT2D eigenvalue weighted by Gasteiger charge is -2.22. The zero-order valence-electron chi connectivity index (χ0n) is 14.2. The summed E-state index contributed by atoms with van der Waals surface area (Å²) in [6.07, 6.45) is 0. The summed E-state index contributed by atoms with van der Waals surface area (Å²) in [5.41, 5.74) is -2.06. The first-order valence-electron chi connectivity index (χ1n) is 7.70. The molecule has 0 unspecified atom stereocenters. The third kappa shape index (κ3) is 4.87. The van der Waals surface area contributed by atoms with Crippen molar-refractivity contribution >= 4 is 21.4 Å². The number of nitrogens with one attached hydrogen (secondary N) is 1. The van der Waals surface area contributed by atoms with Crippen molar-refractivity contribution in [2.45, 2.75) is 24.1 Å². The minimum absolute atomic E-state index is 0.0499. The fraction of sp³-hybridized carbons (Fsp3) is 0.222. The molecule has 1 amide bonds. The Balaban J connectivity index is 2.20. The summed E-state index contributed by atoms with van der Waals surface area (Å²) in [5.74, 6) is -2.59. The van der Waals surface area contributed by atoms with Crippen molar-refractivity contribution in [3.8, 4) is 6.07 Å². The van der Waals surface area contributed by atoms with Crippen molar-refractivity contribution in [3.05, 3.63) is 59.4 Å². The first kappa shape index (κ1) is 20.5. The van der Waals surface area contributed by atoms with E-state index in [1.54, 1.807) is 6.07 Å². The van der Waals surface area contributed by atoms with Gasteiger partial charge in [-0.2, -0.15) is 5.26 Å². The van der Waals surface area contributed by atoms with Gasteiger partial charge >= 0.3 is 0 Å². The summed E-state index contributed by atoms with van der Waals surface area (Å²) in [5, 5.41) is 21.5. The van der Waals surface area contributed by atoms with E-state index in [0.29, 0.717) is 0 Å². The SMILES string of the molecule is C[C@](O)(CS(=O)(=O)c1ccc(F)cc1)C(=O)Nc1ccc(C#N)c(CF)c1. The molecule has 0 aliphatic heterocycles. The Kier molecular flexibility index (Phi) is 5.93. The minimum Gasteiger partial charge on any atom is -0.379 e. The van der Waals surface area contributed by atoms with Gasteiger partial charge in [0.1, 0.15) is 12.5 Å². The molecule has 9 heteroatoms. The van der Waals surface area contributed by atoms with Gasteiger partial charge in [-0.1, -0.05) is 0 Å². The van der Waals surface area contributed by atoms with Crippen LogP contribution in [0.4, 0.5) is 14.5 Å². The summed E-state index contributed by atoms with van der Waals surface area (Å²) >= 11 is 0. The highest BCUT2D eigenvalue weighted by Gasteiger charge is 2.36. The Morgan fingerprint density at radius 1 is 1.26 bits per heavy atom. The fourth-order valence-corrected chi connectivity index (χ4v) is 3.91. The van der Waals surface area contributed by atoms with Crippen LogP contribution in [0.5, 0.6) is 0 Å². The number of nitriles is 1. The van der Waals surface area contributed by atoms with Crippen molar-refractivity contribution in [1.82, 2.24) is 0 Å². The van der Waals surface area contributed by atoms with Gasteiger partial charge in [-0.05, 0) is 49.4 Å². The van der Waals surface area contributed by atoms with Crippen LogP contribution in [0.2, 0.25) is 0 Å². The molecule has 2 aromatic carbocycles. The molecular weight excluding hydrogens is 378 g/mol. The molecule has 6 nitrogen and oxygen atoms in total. The van der Waals surface area contributed by atoms with E-state index in [0.717, 1.165) is 31.2 Å². The largest absolute Gasteiger partial charge is 0.379 e. The van der Waals surface area contributed by atoms with E-state index in [1.165, 1.54) is 18.2 Å². The average molecular weight is 394 g/mol. The second-order valence-corrected chi connectivity index (χ2v) is 8.05. The summed E-state index contributed by atoms with van der Waals surface area (Å²) in [7, 11) is -4.08. The molecule has 0 spiro atoms. The van der Waals surface area contributed by atoms with Crippen molar-refractivity contribution in [3.63, 3.8) is 0 Å². The number of nitrogens with zero attached hydrogens (tertiary/aromatic N) is 1. The number of amides is 1. The van der Waals surface area contributed by atoms with Crippen LogP contribution in [0.3, 0.4) is 0 Å². The predicted octanol–water partition coefficient (Wildman–Crippen LogP) is 2.33. The third-order valence-corrected chi connectivity index (χ3v) is 5.69. The number of halogens is 2. The Hall–Kier alpha value is -2.83. The first-order chi connectivity index (χ1) is 12.6. The van der Waals surface area contributed by atoms with E-state index in [4.69, 9.17) is 5.26 Å². The highest BCUT2D eigenvalue weighted by molar-refractivity contribution is 7.91. The summed E-state index contributed by atoms with van der Waals surface area (Å²) < 4.78 is 50.6. The van der Waals surface area contributed by atoms with Gasteiger partial charge in [-0.3, -0.25) is 4.79 Å². The molecule has 27 heavy (non-hydrogen) atoms. The molecule has 0 aliphatic carbocycles. The molecule has 1 atom stereocenters. The normalized spacial score (nSPS) is 13.4. The van der Waals surface area contributed by atoms with Crippen molar-refractivity contribution in [2.24, 2.45) is 0 Å². The zero-order valence-corrected chi connectivity index (χ0v) is 15.1. The predicted molar refractivity (Wildman–Crippen MR) is 93.7 cm³/mol. The smallest absolute Gasteiger partial charge is 0.257 e. The number of hydrogen-bond acceptors (Lipinski definition) is 5. The van der Waals surface area contributed by atoms with Crippen molar-refractivity contribution in [2.75, 3.05) is 11.1 Å². The van der Waals surface area contributed by atoms with Gasteiger partial charge in [0.2, 0.25) is 0 Å². The van der Waals surface area contributed by atoms with E-state index in [-0.39, 0.29) is 21.7 Å². The van der Waals surface area contributed by atoms with Crippen LogP contribution < -0.4 is 5.32 Å². The van der Waals surface area contributed by atoms with Crippen LogP contribution >= 0.6 is 0 Å².